The third-order valence-corrected chi connectivity index (χ3v) is 5.09. The van der Waals surface area contributed by atoms with Crippen LogP contribution in [0, 0.1) is 0 Å². The lowest BCUT2D eigenvalue weighted by Crippen LogP contribution is -2.12. The van der Waals surface area contributed by atoms with Crippen LogP contribution in [0.3, 0.4) is 0 Å². The first-order chi connectivity index (χ1) is 12.0. The normalized spacial score (nSPS) is 20.3. The summed E-state index contributed by atoms with van der Waals surface area (Å²) in [5.41, 5.74) is 5.05. The summed E-state index contributed by atoms with van der Waals surface area (Å²) in [6, 6.07) is 7.29. The molecule has 4 rings (SSSR count). The molecule has 1 amide bonds. The van der Waals surface area contributed by atoms with E-state index < -0.39 is 5.97 Å². The Bertz CT molecular complexity index is 913. The van der Waals surface area contributed by atoms with Crippen molar-refractivity contribution in [2.75, 3.05) is 5.32 Å². The number of carbonyl (C=O) groups is 2. The lowest BCUT2D eigenvalue weighted by Gasteiger charge is -2.20. The average Bonchev–Trinajstić information content (AvgIpc) is 3.10. The molecular weight excluding hydrogens is 340 g/mol. The Hall–Kier alpha value is -2.53. The summed E-state index contributed by atoms with van der Waals surface area (Å²) in [6.07, 6.45) is 4.71. The van der Waals surface area contributed by atoms with E-state index in [1.165, 1.54) is 0 Å². The van der Waals surface area contributed by atoms with Gasteiger partial charge in [-0.05, 0) is 61.1 Å². The van der Waals surface area contributed by atoms with Crippen molar-refractivity contribution in [3.63, 3.8) is 0 Å². The van der Waals surface area contributed by atoms with Gasteiger partial charge in [0.1, 0.15) is 0 Å². The van der Waals surface area contributed by atoms with E-state index in [9.17, 15) is 9.59 Å². The molecule has 1 aliphatic carbocycles. The summed E-state index contributed by atoms with van der Waals surface area (Å²) < 4.78 is 0. The fourth-order valence-electron chi connectivity index (χ4n) is 3.75. The molecule has 0 bridgehead atoms. The SMILES string of the molecule is O=C(O)CC1CCCc2[nH]c(C=C3C(=O)Nc4ccc(Cl)cc43)cc21. The van der Waals surface area contributed by atoms with Crippen LogP contribution in [0.1, 0.15) is 47.7 Å². The van der Waals surface area contributed by atoms with Gasteiger partial charge < -0.3 is 15.4 Å². The van der Waals surface area contributed by atoms with Crippen molar-refractivity contribution >= 4 is 40.8 Å². The van der Waals surface area contributed by atoms with Gasteiger partial charge in [-0.2, -0.15) is 0 Å². The van der Waals surface area contributed by atoms with Crippen LogP contribution < -0.4 is 5.32 Å². The van der Waals surface area contributed by atoms with E-state index in [4.69, 9.17) is 16.7 Å². The molecule has 0 fully saturated rings. The van der Waals surface area contributed by atoms with Gasteiger partial charge in [-0.15, -0.1) is 0 Å². The topological polar surface area (TPSA) is 82.2 Å². The number of carboxylic acid groups (broad SMARTS) is 1. The second kappa shape index (κ2) is 6.08. The summed E-state index contributed by atoms with van der Waals surface area (Å²) in [7, 11) is 0. The molecular formula is C19H17ClN2O3. The first kappa shape index (κ1) is 16.0. The Morgan fingerprint density at radius 3 is 3.00 bits per heavy atom. The summed E-state index contributed by atoms with van der Waals surface area (Å²) in [5, 5.41) is 12.5. The molecule has 0 radical (unpaired) electrons. The van der Waals surface area contributed by atoms with Crippen molar-refractivity contribution < 1.29 is 14.7 Å². The van der Waals surface area contributed by atoms with Crippen molar-refractivity contribution in [3.05, 3.63) is 51.8 Å². The monoisotopic (exact) mass is 356 g/mol. The van der Waals surface area contributed by atoms with Crippen LogP contribution in [0.4, 0.5) is 5.69 Å². The highest BCUT2D eigenvalue weighted by Gasteiger charge is 2.27. The quantitative estimate of drug-likeness (QED) is 0.725. The molecule has 1 aliphatic heterocycles. The molecule has 2 aliphatic rings. The number of rotatable bonds is 3. The first-order valence-corrected chi connectivity index (χ1v) is 8.65. The van der Waals surface area contributed by atoms with Crippen molar-refractivity contribution in [1.82, 2.24) is 4.98 Å². The van der Waals surface area contributed by atoms with E-state index in [-0.39, 0.29) is 18.2 Å². The Morgan fingerprint density at radius 1 is 1.36 bits per heavy atom. The minimum atomic E-state index is -0.780. The van der Waals surface area contributed by atoms with Crippen LogP contribution in [0.25, 0.3) is 11.6 Å². The second-order valence-electron chi connectivity index (χ2n) is 6.55. The van der Waals surface area contributed by atoms with E-state index in [1.807, 2.05) is 12.1 Å². The zero-order valence-electron chi connectivity index (χ0n) is 13.4. The number of hydrogen-bond donors (Lipinski definition) is 3. The molecule has 1 aromatic heterocycles. The maximum Gasteiger partial charge on any atom is 0.303 e. The Labute approximate surface area is 149 Å². The van der Waals surface area contributed by atoms with Crippen molar-refractivity contribution in [2.45, 2.75) is 31.6 Å². The molecule has 0 saturated carbocycles. The number of amides is 1. The highest BCUT2D eigenvalue weighted by Crippen LogP contribution is 2.37. The van der Waals surface area contributed by atoms with Gasteiger partial charge in [0, 0.05) is 27.7 Å². The fraction of sp³-hybridized carbons (Fsp3) is 0.263. The van der Waals surface area contributed by atoms with Crippen LogP contribution in [0.15, 0.2) is 24.3 Å². The van der Waals surface area contributed by atoms with Gasteiger partial charge in [-0.3, -0.25) is 9.59 Å². The Kier molecular flexibility index (Phi) is 3.88. The van der Waals surface area contributed by atoms with Gasteiger partial charge in [-0.25, -0.2) is 0 Å². The maximum absolute atomic E-state index is 12.3. The number of aryl methyl sites for hydroxylation is 1. The van der Waals surface area contributed by atoms with Crippen molar-refractivity contribution in [2.24, 2.45) is 0 Å². The number of aliphatic carboxylic acids is 1. The highest BCUT2D eigenvalue weighted by atomic mass is 35.5. The molecule has 0 spiro atoms. The number of nitrogens with one attached hydrogen (secondary N) is 2. The molecule has 1 atom stereocenters. The first-order valence-electron chi connectivity index (χ1n) is 8.28. The summed E-state index contributed by atoms with van der Waals surface area (Å²) >= 11 is 6.06. The van der Waals surface area contributed by atoms with Crippen molar-refractivity contribution in [1.29, 1.82) is 0 Å². The molecule has 128 valence electrons. The molecule has 6 heteroatoms. The minimum Gasteiger partial charge on any atom is -0.481 e. The smallest absolute Gasteiger partial charge is 0.303 e. The maximum atomic E-state index is 12.3. The largest absolute Gasteiger partial charge is 0.481 e. The predicted molar refractivity (Wildman–Crippen MR) is 96.7 cm³/mol. The zero-order chi connectivity index (χ0) is 17.6. The van der Waals surface area contributed by atoms with Gasteiger partial charge in [0.15, 0.2) is 0 Å². The number of carbonyl (C=O) groups excluding carboxylic acids is 1. The summed E-state index contributed by atoms with van der Waals surface area (Å²) in [5.74, 6) is -0.909. The lowest BCUT2D eigenvalue weighted by molar-refractivity contribution is -0.137. The number of hydrogen-bond acceptors (Lipinski definition) is 2. The number of halogens is 1. The number of H-pyrrole nitrogens is 1. The standard InChI is InChI=1S/C19H17ClN2O3/c20-11-4-5-17-14(7-11)15(19(25)22-17)9-12-8-13-10(6-18(23)24)2-1-3-16(13)21-12/h4-5,7-10,21H,1-3,6H2,(H,22,25)(H,23,24). The van der Waals surface area contributed by atoms with E-state index in [2.05, 4.69) is 10.3 Å². The molecule has 0 saturated heterocycles. The molecule has 1 aromatic carbocycles. The Morgan fingerprint density at radius 2 is 2.20 bits per heavy atom. The number of aromatic amines is 1. The van der Waals surface area contributed by atoms with Gasteiger partial charge in [0.25, 0.3) is 5.91 Å². The molecule has 3 N–H and O–H groups in total. The van der Waals surface area contributed by atoms with Gasteiger partial charge in [0.05, 0.1) is 12.0 Å². The number of aromatic nitrogens is 1. The predicted octanol–water partition coefficient (Wildman–Crippen LogP) is 4.06. The Balaban J connectivity index is 1.72. The second-order valence-corrected chi connectivity index (χ2v) is 6.98. The number of benzene rings is 1. The van der Waals surface area contributed by atoms with E-state index in [0.717, 1.165) is 47.5 Å². The lowest BCUT2D eigenvalue weighted by atomic mass is 9.85. The number of anilines is 1. The van der Waals surface area contributed by atoms with Crippen LogP contribution in [-0.4, -0.2) is 22.0 Å². The fourth-order valence-corrected chi connectivity index (χ4v) is 3.92. The van der Waals surface area contributed by atoms with E-state index in [1.54, 1.807) is 18.2 Å². The van der Waals surface area contributed by atoms with E-state index >= 15 is 0 Å². The van der Waals surface area contributed by atoms with Crippen LogP contribution in [0.5, 0.6) is 0 Å². The van der Waals surface area contributed by atoms with E-state index in [0.29, 0.717) is 10.6 Å². The van der Waals surface area contributed by atoms with Crippen LogP contribution >= 0.6 is 11.6 Å². The minimum absolute atomic E-state index is 0.0313. The number of carboxylic acids is 1. The zero-order valence-corrected chi connectivity index (χ0v) is 14.2. The summed E-state index contributed by atoms with van der Waals surface area (Å²) in [4.78, 5) is 26.7. The molecule has 2 heterocycles. The number of fused-ring (bicyclic) bond motifs is 2. The molecule has 5 nitrogen and oxygen atoms in total. The molecule has 1 unspecified atom stereocenters. The molecule has 25 heavy (non-hydrogen) atoms. The van der Waals surface area contributed by atoms with Gasteiger partial charge in [0.2, 0.25) is 0 Å². The highest BCUT2D eigenvalue weighted by molar-refractivity contribution is 6.36. The van der Waals surface area contributed by atoms with Crippen molar-refractivity contribution in [3.8, 4) is 0 Å². The van der Waals surface area contributed by atoms with Gasteiger partial charge >= 0.3 is 5.97 Å². The third kappa shape index (κ3) is 2.96. The third-order valence-electron chi connectivity index (χ3n) is 4.86. The van der Waals surface area contributed by atoms with Gasteiger partial charge in [-0.1, -0.05) is 11.6 Å². The van der Waals surface area contributed by atoms with Crippen LogP contribution in [0.2, 0.25) is 5.02 Å². The average molecular weight is 357 g/mol. The molecule has 2 aromatic rings. The summed E-state index contributed by atoms with van der Waals surface area (Å²) in [6.45, 7) is 0. The van der Waals surface area contributed by atoms with Crippen LogP contribution in [-0.2, 0) is 16.0 Å².